The monoisotopic (exact) mass is 420 g/mol. The average Bonchev–Trinajstić information content (AvgIpc) is 2.70. The van der Waals surface area contributed by atoms with Crippen LogP contribution < -0.4 is 4.74 Å². The molecule has 0 aliphatic rings. The summed E-state index contributed by atoms with van der Waals surface area (Å²) in [5.41, 5.74) is 0.179. The molecule has 10 heteroatoms. The highest BCUT2D eigenvalue weighted by Gasteiger charge is 2.16. The van der Waals surface area contributed by atoms with Crippen LogP contribution in [-0.2, 0) is 19.6 Å². The van der Waals surface area contributed by atoms with E-state index in [1.54, 1.807) is 6.07 Å². The summed E-state index contributed by atoms with van der Waals surface area (Å²) in [6.07, 6.45) is 2.41. The molecular weight excluding hydrogens is 400 g/mol. The van der Waals surface area contributed by atoms with Gasteiger partial charge in [-0.25, -0.2) is 17.5 Å². The van der Waals surface area contributed by atoms with Crippen LogP contribution in [0.25, 0.3) is 6.08 Å². The number of ether oxygens (including phenoxy) is 2. The van der Waals surface area contributed by atoms with Gasteiger partial charge in [-0.1, -0.05) is 12.1 Å². The third-order valence-corrected chi connectivity index (χ3v) is 5.56. The van der Waals surface area contributed by atoms with Gasteiger partial charge < -0.3 is 9.47 Å². The van der Waals surface area contributed by atoms with Gasteiger partial charge in [0.15, 0.2) is 0 Å². The lowest BCUT2D eigenvalue weighted by atomic mass is 10.1. The standard InChI is InChI=1S/C19H20N2O7S/c1-20(2)29(25,26)17-10-8-16(9-11-17)27-13-14-28-19(22)12-7-15-5-3-4-6-18(15)21(23)24/h3-12H,13-14H2,1-2H3/b12-7+. The zero-order valence-corrected chi connectivity index (χ0v) is 16.7. The lowest BCUT2D eigenvalue weighted by Crippen LogP contribution is -2.22. The van der Waals surface area contributed by atoms with Gasteiger partial charge in [-0.3, -0.25) is 10.1 Å². The molecule has 0 bridgehead atoms. The molecule has 0 aliphatic heterocycles. The molecule has 0 aromatic heterocycles. The van der Waals surface area contributed by atoms with Gasteiger partial charge in [0.05, 0.1) is 15.4 Å². The number of carbonyl (C=O) groups excluding carboxylic acids is 1. The number of nitro groups is 1. The number of carbonyl (C=O) groups is 1. The topological polar surface area (TPSA) is 116 Å². The molecule has 0 fully saturated rings. The number of hydrogen-bond acceptors (Lipinski definition) is 7. The van der Waals surface area contributed by atoms with Crippen LogP contribution in [0.1, 0.15) is 5.56 Å². The SMILES string of the molecule is CN(C)S(=O)(=O)c1ccc(OCCOC(=O)/C=C/c2ccccc2[N+](=O)[O-])cc1. The number of para-hydroxylation sites is 1. The summed E-state index contributed by atoms with van der Waals surface area (Å²) >= 11 is 0. The second kappa shape index (κ2) is 9.80. The van der Waals surface area contributed by atoms with Gasteiger partial charge >= 0.3 is 5.97 Å². The molecule has 0 N–H and O–H groups in total. The van der Waals surface area contributed by atoms with E-state index in [1.807, 2.05) is 0 Å². The maximum Gasteiger partial charge on any atom is 0.330 e. The number of esters is 1. The first-order valence-electron chi connectivity index (χ1n) is 8.45. The highest BCUT2D eigenvalue weighted by Crippen LogP contribution is 2.19. The van der Waals surface area contributed by atoms with E-state index >= 15 is 0 Å². The number of hydrogen-bond donors (Lipinski definition) is 0. The predicted molar refractivity (Wildman–Crippen MR) is 106 cm³/mol. The first-order chi connectivity index (χ1) is 13.7. The quantitative estimate of drug-likeness (QED) is 0.201. The Morgan fingerprint density at radius 3 is 2.38 bits per heavy atom. The fourth-order valence-corrected chi connectivity index (χ4v) is 3.12. The van der Waals surface area contributed by atoms with Crippen molar-refractivity contribution in [1.82, 2.24) is 4.31 Å². The van der Waals surface area contributed by atoms with Gasteiger partial charge in [-0.05, 0) is 36.4 Å². The Morgan fingerprint density at radius 1 is 1.10 bits per heavy atom. The zero-order chi connectivity index (χ0) is 21.4. The molecule has 0 atom stereocenters. The molecule has 9 nitrogen and oxygen atoms in total. The number of rotatable bonds is 9. The molecule has 2 aromatic rings. The van der Waals surface area contributed by atoms with Crippen LogP contribution in [0.5, 0.6) is 5.75 Å². The van der Waals surface area contributed by atoms with Crippen molar-refractivity contribution in [1.29, 1.82) is 0 Å². The minimum absolute atomic E-state index is 0.0438. The van der Waals surface area contributed by atoms with Crippen LogP contribution in [0.3, 0.4) is 0 Å². The van der Waals surface area contributed by atoms with Crippen molar-refractivity contribution in [2.75, 3.05) is 27.3 Å². The predicted octanol–water partition coefficient (Wildman–Crippen LogP) is 2.48. The summed E-state index contributed by atoms with van der Waals surface area (Å²) in [6, 6.07) is 11.9. The van der Waals surface area contributed by atoms with E-state index in [2.05, 4.69) is 0 Å². The Bertz CT molecular complexity index is 999. The van der Waals surface area contributed by atoms with E-state index in [4.69, 9.17) is 9.47 Å². The maximum atomic E-state index is 12.0. The number of benzene rings is 2. The van der Waals surface area contributed by atoms with Crippen molar-refractivity contribution < 1.29 is 27.6 Å². The van der Waals surface area contributed by atoms with Crippen LogP contribution in [-0.4, -0.2) is 50.9 Å². The molecule has 0 spiro atoms. The summed E-state index contributed by atoms with van der Waals surface area (Å²) in [5, 5.41) is 10.9. The van der Waals surface area contributed by atoms with E-state index in [0.29, 0.717) is 11.3 Å². The van der Waals surface area contributed by atoms with Gasteiger partial charge in [0.2, 0.25) is 10.0 Å². The second-order valence-electron chi connectivity index (χ2n) is 5.92. The summed E-state index contributed by atoms with van der Waals surface area (Å²) in [4.78, 5) is 22.3. The van der Waals surface area contributed by atoms with E-state index < -0.39 is 20.9 Å². The molecule has 0 amide bonds. The zero-order valence-electron chi connectivity index (χ0n) is 15.8. The van der Waals surface area contributed by atoms with Crippen LogP contribution in [0.4, 0.5) is 5.69 Å². The molecule has 0 heterocycles. The lowest BCUT2D eigenvalue weighted by Gasteiger charge is -2.12. The second-order valence-corrected chi connectivity index (χ2v) is 8.08. The van der Waals surface area contributed by atoms with E-state index in [1.165, 1.54) is 62.6 Å². The number of nitrogens with zero attached hydrogens (tertiary/aromatic N) is 2. The Balaban J connectivity index is 1.82. The third-order valence-electron chi connectivity index (χ3n) is 3.73. The minimum atomic E-state index is -3.51. The van der Waals surface area contributed by atoms with Crippen LogP contribution in [0.15, 0.2) is 59.5 Å². The summed E-state index contributed by atoms with van der Waals surface area (Å²) in [7, 11) is -0.623. The van der Waals surface area contributed by atoms with Crippen molar-refractivity contribution in [2.45, 2.75) is 4.90 Å². The van der Waals surface area contributed by atoms with Crippen LogP contribution in [0.2, 0.25) is 0 Å². The molecule has 0 saturated carbocycles. The molecular formula is C19H20N2O7S. The highest BCUT2D eigenvalue weighted by molar-refractivity contribution is 7.89. The Morgan fingerprint density at radius 2 is 1.76 bits per heavy atom. The van der Waals surface area contributed by atoms with E-state index in [-0.39, 0.29) is 23.8 Å². The lowest BCUT2D eigenvalue weighted by molar-refractivity contribution is -0.385. The Kier molecular flexibility index (Phi) is 7.46. The van der Waals surface area contributed by atoms with Crippen molar-refractivity contribution in [3.05, 3.63) is 70.3 Å². The highest BCUT2D eigenvalue weighted by atomic mass is 32.2. The van der Waals surface area contributed by atoms with Gasteiger partial charge in [-0.2, -0.15) is 0 Å². The Hall–Kier alpha value is -3.24. The first-order valence-corrected chi connectivity index (χ1v) is 9.89. The third kappa shape index (κ3) is 6.13. The fraction of sp³-hybridized carbons (Fsp3) is 0.211. The van der Waals surface area contributed by atoms with Crippen molar-refractivity contribution >= 4 is 27.8 Å². The average molecular weight is 420 g/mol. The molecule has 2 rings (SSSR count). The molecule has 0 aliphatic carbocycles. The van der Waals surface area contributed by atoms with Gasteiger partial charge in [0, 0.05) is 26.2 Å². The van der Waals surface area contributed by atoms with E-state index in [9.17, 15) is 23.3 Å². The summed E-state index contributed by atoms with van der Waals surface area (Å²) in [5.74, 6) is -0.242. The minimum Gasteiger partial charge on any atom is -0.490 e. The largest absolute Gasteiger partial charge is 0.490 e. The summed E-state index contributed by atoms with van der Waals surface area (Å²) in [6.45, 7) is 0.0165. The van der Waals surface area contributed by atoms with Gasteiger partial charge in [-0.15, -0.1) is 0 Å². The fourth-order valence-electron chi connectivity index (χ4n) is 2.22. The number of nitro benzene ring substituents is 1. The molecule has 154 valence electrons. The molecule has 2 aromatic carbocycles. The van der Waals surface area contributed by atoms with Crippen LogP contribution in [0, 0.1) is 10.1 Å². The van der Waals surface area contributed by atoms with Gasteiger partial charge in [0.1, 0.15) is 19.0 Å². The normalized spacial score (nSPS) is 11.6. The molecule has 0 unspecified atom stereocenters. The maximum absolute atomic E-state index is 12.0. The van der Waals surface area contributed by atoms with Crippen molar-refractivity contribution in [3.8, 4) is 5.75 Å². The van der Waals surface area contributed by atoms with Crippen molar-refractivity contribution in [2.24, 2.45) is 0 Å². The van der Waals surface area contributed by atoms with E-state index in [0.717, 1.165) is 10.4 Å². The van der Waals surface area contributed by atoms with Crippen molar-refractivity contribution in [3.63, 3.8) is 0 Å². The van der Waals surface area contributed by atoms with Gasteiger partial charge in [0.25, 0.3) is 5.69 Å². The molecule has 0 radical (unpaired) electrons. The smallest absolute Gasteiger partial charge is 0.330 e. The van der Waals surface area contributed by atoms with Crippen LogP contribution >= 0.6 is 0 Å². The first kappa shape index (κ1) is 22.1. The number of sulfonamides is 1. The molecule has 0 saturated heterocycles. The Labute approximate surface area is 168 Å². The molecule has 29 heavy (non-hydrogen) atoms. The summed E-state index contributed by atoms with van der Waals surface area (Å²) < 4.78 is 35.5.